The number of sulfonamides is 1. The number of halogens is 1. The number of likely N-dealkylation sites (N-methyl/N-ethyl adjacent to an activating group) is 1. The summed E-state index contributed by atoms with van der Waals surface area (Å²) in [5, 5.41) is 0. The molecule has 7 heteroatoms. The van der Waals surface area contributed by atoms with E-state index in [1.165, 1.54) is 12.1 Å². The van der Waals surface area contributed by atoms with Crippen molar-refractivity contribution in [3.8, 4) is 0 Å². The summed E-state index contributed by atoms with van der Waals surface area (Å²) in [6.07, 6.45) is 1.44. The van der Waals surface area contributed by atoms with Gasteiger partial charge in [-0.25, -0.2) is 17.5 Å². The molecule has 2 rings (SSSR count). The fraction of sp³-hybridized carbons (Fsp3) is 0.647. The zero-order chi connectivity index (χ0) is 17.7. The molecular formula is C17H28FN3O2S. The van der Waals surface area contributed by atoms with E-state index in [-0.39, 0.29) is 11.6 Å². The van der Waals surface area contributed by atoms with Gasteiger partial charge in [-0.05, 0) is 44.2 Å². The zero-order valence-corrected chi connectivity index (χ0v) is 15.6. The number of hydrogen-bond acceptors (Lipinski definition) is 4. The second kappa shape index (κ2) is 8.27. The topological polar surface area (TPSA) is 52.7 Å². The van der Waals surface area contributed by atoms with Gasteiger partial charge in [-0.15, -0.1) is 0 Å². The molecular weight excluding hydrogens is 329 g/mol. The van der Waals surface area contributed by atoms with E-state index < -0.39 is 16.1 Å². The van der Waals surface area contributed by atoms with E-state index in [9.17, 15) is 12.8 Å². The Hall–Kier alpha value is -1.18. The Kier molecular flexibility index (Phi) is 6.60. The Morgan fingerprint density at radius 1 is 1.25 bits per heavy atom. The molecule has 1 aromatic carbocycles. The third kappa shape index (κ3) is 5.16. The number of piperazine rings is 1. The molecule has 24 heavy (non-hydrogen) atoms. The highest BCUT2D eigenvalue weighted by Gasteiger charge is 2.22. The molecule has 1 N–H and O–H groups in total. The average Bonchev–Trinajstić information content (AvgIpc) is 2.53. The van der Waals surface area contributed by atoms with Crippen molar-refractivity contribution in [2.75, 3.05) is 43.9 Å². The summed E-state index contributed by atoms with van der Waals surface area (Å²) in [6, 6.07) is 4.18. The van der Waals surface area contributed by atoms with E-state index in [4.69, 9.17) is 0 Å². The molecule has 0 aromatic heterocycles. The van der Waals surface area contributed by atoms with Crippen molar-refractivity contribution >= 4 is 15.7 Å². The lowest BCUT2D eigenvalue weighted by molar-refractivity contribution is 0.312. The van der Waals surface area contributed by atoms with Gasteiger partial charge in [-0.3, -0.25) is 0 Å². The summed E-state index contributed by atoms with van der Waals surface area (Å²) < 4.78 is 40.8. The number of nitrogens with one attached hydrogen (secondary N) is 1. The van der Waals surface area contributed by atoms with Crippen molar-refractivity contribution in [1.29, 1.82) is 0 Å². The van der Waals surface area contributed by atoms with Crippen LogP contribution in [0.5, 0.6) is 0 Å². The molecule has 0 aliphatic carbocycles. The van der Waals surface area contributed by atoms with Gasteiger partial charge in [0.25, 0.3) is 0 Å². The van der Waals surface area contributed by atoms with Gasteiger partial charge in [-0.1, -0.05) is 13.3 Å². The van der Waals surface area contributed by atoms with Gasteiger partial charge in [0, 0.05) is 37.9 Å². The third-order valence-corrected chi connectivity index (χ3v) is 5.96. The maximum Gasteiger partial charge on any atom is 0.212 e. The van der Waals surface area contributed by atoms with Gasteiger partial charge < -0.3 is 9.80 Å². The molecule has 1 heterocycles. The lowest BCUT2D eigenvalue weighted by Gasteiger charge is -2.36. The monoisotopic (exact) mass is 357 g/mol. The molecule has 0 spiro atoms. The quantitative estimate of drug-likeness (QED) is 0.814. The molecule has 1 fully saturated rings. The molecule has 1 unspecified atom stereocenters. The minimum atomic E-state index is -3.36. The minimum absolute atomic E-state index is 0.104. The summed E-state index contributed by atoms with van der Waals surface area (Å²) in [5.41, 5.74) is 1.61. The van der Waals surface area contributed by atoms with Crippen LogP contribution in [0, 0.1) is 5.82 Å². The molecule has 0 bridgehead atoms. The molecule has 0 radical (unpaired) electrons. The second-order valence-electron chi connectivity index (χ2n) is 6.51. The molecule has 1 saturated heterocycles. The Morgan fingerprint density at radius 2 is 1.92 bits per heavy atom. The standard InChI is InChI=1S/C17H28FN3O2S/c1-4-5-12-24(22,23)19-14(2)16-13-15(18)6-7-17(16)21-10-8-20(3)9-11-21/h6-7,13-14,19H,4-5,8-12H2,1-3H3. The van der Waals surface area contributed by atoms with Gasteiger partial charge >= 0.3 is 0 Å². The van der Waals surface area contributed by atoms with Gasteiger partial charge in [-0.2, -0.15) is 0 Å². The Labute approximate surface area is 144 Å². The molecule has 5 nitrogen and oxygen atoms in total. The highest BCUT2D eigenvalue weighted by molar-refractivity contribution is 7.89. The fourth-order valence-corrected chi connectivity index (χ4v) is 4.39. The van der Waals surface area contributed by atoms with Crippen LogP contribution >= 0.6 is 0 Å². The van der Waals surface area contributed by atoms with Crippen LogP contribution in [0.15, 0.2) is 18.2 Å². The van der Waals surface area contributed by atoms with Crippen LogP contribution < -0.4 is 9.62 Å². The van der Waals surface area contributed by atoms with Gasteiger partial charge in [0.1, 0.15) is 5.82 Å². The summed E-state index contributed by atoms with van der Waals surface area (Å²) in [4.78, 5) is 4.45. The van der Waals surface area contributed by atoms with Crippen LogP contribution in [0.3, 0.4) is 0 Å². The SMILES string of the molecule is CCCCS(=O)(=O)NC(C)c1cc(F)ccc1N1CCN(C)CC1. The number of unbranched alkanes of at least 4 members (excludes halogenated alkanes) is 1. The Morgan fingerprint density at radius 3 is 2.54 bits per heavy atom. The number of benzene rings is 1. The molecule has 1 aliphatic rings. The molecule has 0 saturated carbocycles. The van der Waals surface area contributed by atoms with Crippen LogP contribution in [0.4, 0.5) is 10.1 Å². The smallest absolute Gasteiger partial charge is 0.212 e. The van der Waals surface area contributed by atoms with Gasteiger partial charge in [0.15, 0.2) is 0 Å². The summed E-state index contributed by atoms with van der Waals surface area (Å²) in [7, 11) is -1.28. The zero-order valence-electron chi connectivity index (χ0n) is 14.8. The number of rotatable bonds is 7. The maximum absolute atomic E-state index is 13.8. The van der Waals surface area contributed by atoms with E-state index in [1.807, 2.05) is 6.92 Å². The molecule has 0 amide bonds. The summed E-state index contributed by atoms with van der Waals surface area (Å²) >= 11 is 0. The maximum atomic E-state index is 13.8. The molecule has 1 aromatic rings. The average molecular weight is 357 g/mol. The van der Waals surface area contributed by atoms with Crippen LogP contribution in [0.25, 0.3) is 0 Å². The lowest BCUT2D eigenvalue weighted by Crippen LogP contribution is -2.45. The first-order valence-corrected chi connectivity index (χ1v) is 10.2. The van der Waals surface area contributed by atoms with Crippen molar-refractivity contribution in [3.05, 3.63) is 29.6 Å². The van der Waals surface area contributed by atoms with Gasteiger partial charge in [0.05, 0.1) is 5.75 Å². The Bertz CT molecular complexity index is 643. The van der Waals surface area contributed by atoms with Crippen LogP contribution in [-0.2, 0) is 10.0 Å². The minimum Gasteiger partial charge on any atom is -0.369 e. The highest BCUT2D eigenvalue weighted by atomic mass is 32.2. The number of hydrogen-bond donors (Lipinski definition) is 1. The highest BCUT2D eigenvalue weighted by Crippen LogP contribution is 2.28. The van der Waals surface area contributed by atoms with Crippen LogP contribution in [0.2, 0.25) is 0 Å². The van der Waals surface area contributed by atoms with E-state index in [0.29, 0.717) is 12.0 Å². The summed E-state index contributed by atoms with van der Waals surface area (Å²) in [5.74, 6) is -0.241. The predicted molar refractivity (Wildman–Crippen MR) is 96.4 cm³/mol. The van der Waals surface area contributed by atoms with E-state index in [0.717, 1.165) is 38.3 Å². The lowest BCUT2D eigenvalue weighted by atomic mass is 10.0. The molecule has 136 valence electrons. The first-order chi connectivity index (χ1) is 11.3. The normalized spacial score (nSPS) is 17.9. The second-order valence-corrected chi connectivity index (χ2v) is 8.38. The van der Waals surface area contributed by atoms with E-state index in [1.54, 1.807) is 13.0 Å². The van der Waals surface area contributed by atoms with Crippen molar-refractivity contribution in [3.63, 3.8) is 0 Å². The predicted octanol–water partition coefficient (Wildman–Crippen LogP) is 2.36. The van der Waals surface area contributed by atoms with Crippen LogP contribution in [-0.4, -0.2) is 52.3 Å². The van der Waals surface area contributed by atoms with Crippen molar-refractivity contribution < 1.29 is 12.8 Å². The van der Waals surface area contributed by atoms with Crippen molar-refractivity contribution in [1.82, 2.24) is 9.62 Å². The third-order valence-electron chi connectivity index (χ3n) is 4.42. The van der Waals surface area contributed by atoms with E-state index >= 15 is 0 Å². The van der Waals surface area contributed by atoms with Gasteiger partial charge in [0.2, 0.25) is 10.0 Å². The first kappa shape index (κ1) is 19.1. The van der Waals surface area contributed by atoms with Crippen LogP contribution in [0.1, 0.15) is 38.3 Å². The number of nitrogens with zero attached hydrogens (tertiary/aromatic N) is 2. The Balaban J connectivity index is 2.20. The summed E-state index contributed by atoms with van der Waals surface area (Å²) in [6.45, 7) is 7.31. The number of anilines is 1. The molecule has 1 atom stereocenters. The van der Waals surface area contributed by atoms with Crippen molar-refractivity contribution in [2.24, 2.45) is 0 Å². The fourth-order valence-electron chi connectivity index (χ4n) is 2.93. The van der Waals surface area contributed by atoms with E-state index in [2.05, 4.69) is 21.6 Å². The molecule has 1 aliphatic heterocycles. The van der Waals surface area contributed by atoms with Crippen molar-refractivity contribution in [2.45, 2.75) is 32.7 Å². The largest absolute Gasteiger partial charge is 0.369 e. The first-order valence-electron chi connectivity index (χ1n) is 8.55.